The number of rotatable bonds is 9. The number of nitrogens with one attached hydrogen (secondary N) is 1. The van der Waals surface area contributed by atoms with Gasteiger partial charge in [-0.2, -0.15) is 0 Å². The number of carbonyl (C=O) groups excluding carboxylic acids is 1. The molecule has 1 fully saturated rings. The number of hydrogen-bond acceptors (Lipinski definition) is 5. The number of carbonyl (C=O) groups is 1. The molecule has 2 aliphatic heterocycles. The van der Waals surface area contributed by atoms with Gasteiger partial charge in [-0.25, -0.2) is 0 Å². The van der Waals surface area contributed by atoms with Crippen LogP contribution in [-0.4, -0.2) is 36.1 Å². The number of ether oxygens (including phenoxy) is 3. The minimum absolute atomic E-state index is 0. The average molecular weight is 606 g/mol. The Hall–Kier alpha value is -2.93. The molecule has 1 saturated carbocycles. The van der Waals surface area contributed by atoms with E-state index in [0.29, 0.717) is 32.2 Å². The van der Waals surface area contributed by atoms with E-state index >= 15 is 0 Å². The number of amides is 1. The van der Waals surface area contributed by atoms with Gasteiger partial charge in [0, 0.05) is 37.7 Å². The molecule has 42 heavy (non-hydrogen) atoms. The summed E-state index contributed by atoms with van der Waals surface area (Å²) in [5, 5.41) is 3.16. The minimum Gasteiger partial charge on any atom is -0.490 e. The van der Waals surface area contributed by atoms with Gasteiger partial charge in [0.25, 0.3) is 0 Å². The zero-order valence-electron chi connectivity index (χ0n) is 24.8. The van der Waals surface area contributed by atoms with Crippen molar-refractivity contribution >= 4 is 5.91 Å². The van der Waals surface area contributed by atoms with Crippen molar-refractivity contribution in [1.82, 2.24) is 10.2 Å². The Morgan fingerprint density at radius 1 is 1.00 bits per heavy atom. The van der Waals surface area contributed by atoms with Gasteiger partial charge in [0.1, 0.15) is 12.4 Å². The monoisotopic (exact) mass is 605 g/mol. The smallest absolute Gasteiger partial charge is 0.237 e. The molecule has 7 heteroatoms. The number of nitrogens with zero attached hydrogens (tertiary/aromatic N) is 1. The molecule has 1 amide bonds. The van der Waals surface area contributed by atoms with Crippen LogP contribution in [0.25, 0.3) is 0 Å². The number of fused-ring (bicyclic) bond motifs is 2. The Labute approximate surface area is 262 Å². The van der Waals surface area contributed by atoms with E-state index < -0.39 is 0 Å². The van der Waals surface area contributed by atoms with Gasteiger partial charge in [-0.3, -0.25) is 9.69 Å². The number of benzene rings is 3. The van der Waals surface area contributed by atoms with Crippen LogP contribution in [0.3, 0.4) is 0 Å². The van der Waals surface area contributed by atoms with Crippen LogP contribution < -0.4 is 19.5 Å². The molecule has 1 aliphatic carbocycles. The Morgan fingerprint density at radius 2 is 1.74 bits per heavy atom. The Kier molecular flexibility index (Phi) is 10.2. The molecule has 3 aromatic rings. The van der Waals surface area contributed by atoms with E-state index in [1.54, 1.807) is 0 Å². The molecule has 1 N–H and O–H groups in total. The van der Waals surface area contributed by atoms with Crippen molar-refractivity contribution in [3.63, 3.8) is 0 Å². The fraction of sp³-hybridized carbons (Fsp3) is 0.457. The third-order valence-electron chi connectivity index (χ3n) is 8.77. The molecule has 3 aromatic carbocycles. The van der Waals surface area contributed by atoms with Gasteiger partial charge < -0.3 is 19.5 Å². The van der Waals surface area contributed by atoms with Crippen LogP contribution in [0.2, 0.25) is 0 Å². The number of hydrogen-bond donors (Lipinski definition) is 1. The van der Waals surface area contributed by atoms with Crippen LogP contribution in [0.5, 0.6) is 17.2 Å². The van der Waals surface area contributed by atoms with Gasteiger partial charge >= 0.3 is 0 Å². The van der Waals surface area contributed by atoms with Crippen LogP contribution in [0.4, 0.5) is 0 Å². The van der Waals surface area contributed by atoms with Crippen molar-refractivity contribution in [2.24, 2.45) is 0 Å². The summed E-state index contributed by atoms with van der Waals surface area (Å²) in [4.78, 5) is 15.8. The van der Waals surface area contributed by atoms with E-state index in [4.69, 9.17) is 14.2 Å². The summed E-state index contributed by atoms with van der Waals surface area (Å²) in [5.74, 6) is 2.56. The predicted molar refractivity (Wildman–Crippen MR) is 160 cm³/mol. The van der Waals surface area contributed by atoms with Crippen LogP contribution in [-0.2, 0) is 36.3 Å². The zero-order chi connectivity index (χ0) is 28.2. The molecule has 6 rings (SSSR count). The molecule has 0 aromatic heterocycles. The van der Waals surface area contributed by atoms with Crippen molar-refractivity contribution in [2.75, 3.05) is 13.2 Å². The Morgan fingerprint density at radius 3 is 2.45 bits per heavy atom. The van der Waals surface area contributed by atoms with Crippen LogP contribution in [0, 0.1) is 0 Å². The van der Waals surface area contributed by atoms with Gasteiger partial charge in [0.15, 0.2) is 17.6 Å². The molecule has 221 valence electrons. The predicted octanol–water partition coefficient (Wildman–Crippen LogP) is 6.92. The molecule has 3 atom stereocenters. The normalized spacial score (nSPS) is 20.7. The van der Waals surface area contributed by atoms with E-state index in [0.717, 1.165) is 54.1 Å². The van der Waals surface area contributed by atoms with Crippen molar-refractivity contribution in [1.29, 1.82) is 0 Å². The molecule has 0 bridgehead atoms. The van der Waals surface area contributed by atoms with Crippen molar-refractivity contribution in [3.05, 3.63) is 89.0 Å². The van der Waals surface area contributed by atoms with Gasteiger partial charge in [-0.1, -0.05) is 56.3 Å². The molecule has 0 spiro atoms. The molecule has 0 unspecified atom stereocenters. The summed E-state index contributed by atoms with van der Waals surface area (Å²) in [6.07, 6.45) is 7.47. The first-order valence-corrected chi connectivity index (χ1v) is 15.4. The van der Waals surface area contributed by atoms with Gasteiger partial charge in [-0.05, 0) is 91.5 Å². The maximum absolute atomic E-state index is 13.4. The maximum atomic E-state index is 13.4. The molecular weight excluding hydrogens is 563 g/mol. The first-order chi connectivity index (χ1) is 20.1. The Balaban J connectivity index is 0.00000353. The van der Waals surface area contributed by atoms with Gasteiger partial charge in [0.2, 0.25) is 5.91 Å². The summed E-state index contributed by atoms with van der Waals surface area (Å²) in [6.45, 7) is 6.11. The fourth-order valence-corrected chi connectivity index (χ4v) is 6.57. The van der Waals surface area contributed by atoms with E-state index in [9.17, 15) is 4.79 Å². The van der Waals surface area contributed by atoms with Crippen LogP contribution in [0.1, 0.15) is 86.8 Å². The first-order valence-electron chi connectivity index (χ1n) is 15.4. The summed E-state index contributed by atoms with van der Waals surface area (Å²) < 4.78 is 18.9. The van der Waals surface area contributed by atoms with Crippen molar-refractivity contribution in [3.8, 4) is 17.2 Å². The van der Waals surface area contributed by atoms with Crippen LogP contribution >= 0.6 is 0 Å². The molecule has 1 radical (unpaired) electrons. The van der Waals surface area contributed by atoms with Gasteiger partial charge in [0.05, 0.1) is 12.1 Å². The summed E-state index contributed by atoms with van der Waals surface area (Å²) in [5.41, 5.74) is 4.68. The Bertz CT molecular complexity index is 1330. The largest absolute Gasteiger partial charge is 0.490 e. The third kappa shape index (κ3) is 6.67. The van der Waals surface area contributed by atoms with Crippen LogP contribution in [0.15, 0.2) is 66.7 Å². The first kappa shape index (κ1) is 30.5. The minimum atomic E-state index is -0.237. The molecular formula is C35H42N2O4V. The van der Waals surface area contributed by atoms with Crippen molar-refractivity contribution < 1.29 is 37.6 Å². The summed E-state index contributed by atoms with van der Waals surface area (Å²) in [6, 6.07) is 23.0. The quantitative estimate of drug-likeness (QED) is 0.287. The molecule has 3 aliphatic rings. The second kappa shape index (κ2) is 14.0. The standard InChI is InChI=1S/C35H42N2O4.V/c1-3-18-36-35(38)31-19-26-20-32-33(21-27(26)22-37(31)30(4-2)24-10-6-5-7-11-24)41-34(23-39-32)25-14-16-29(17-15-25)40-28-12-8-9-13-28;/h5-7,10-11,14-17,20-21,28,30-31,34H,3-4,8-9,12-13,18-19,22-23H2,1-2H3,(H,36,38);/t30-,31-,34+;/m0./s1. The molecule has 2 heterocycles. The maximum Gasteiger partial charge on any atom is 0.237 e. The SMILES string of the molecule is CCCNC(=O)[C@@H]1Cc2cc3c(cc2CN1[C@@H](CC)c1ccccc1)O[C@@H](c1ccc(OC2CCCC2)cc1)CO3.[V]. The second-order valence-corrected chi connectivity index (χ2v) is 11.6. The molecule has 0 saturated heterocycles. The summed E-state index contributed by atoms with van der Waals surface area (Å²) >= 11 is 0. The topological polar surface area (TPSA) is 60.0 Å². The van der Waals surface area contributed by atoms with E-state index in [-0.39, 0.29) is 42.7 Å². The van der Waals surface area contributed by atoms with E-state index in [1.165, 1.54) is 24.0 Å². The van der Waals surface area contributed by atoms with Crippen molar-refractivity contribution in [2.45, 2.75) is 89.6 Å². The third-order valence-corrected chi connectivity index (χ3v) is 8.77. The van der Waals surface area contributed by atoms with Gasteiger partial charge in [-0.15, -0.1) is 0 Å². The van der Waals surface area contributed by atoms with E-state index in [1.807, 2.05) is 6.07 Å². The average Bonchev–Trinajstić information content (AvgIpc) is 3.52. The van der Waals surface area contributed by atoms with E-state index in [2.05, 4.69) is 84.7 Å². The summed E-state index contributed by atoms with van der Waals surface area (Å²) in [7, 11) is 0. The zero-order valence-corrected chi connectivity index (χ0v) is 26.2. The molecule has 6 nitrogen and oxygen atoms in total. The second-order valence-electron chi connectivity index (χ2n) is 11.6. The fourth-order valence-electron chi connectivity index (χ4n) is 6.57.